The van der Waals surface area contributed by atoms with E-state index < -0.39 is 0 Å². The fourth-order valence-electron chi connectivity index (χ4n) is 2.56. The minimum absolute atomic E-state index is 0.0146. The van der Waals surface area contributed by atoms with E-state index in [2.05, 4.69) is 11.8 Å². The fourth-order valence-corrected chi connectivity index (χ4v) is 2.56. The maximum atomic E-state index is 12.5. The van der Waals surface area contributed by atoms with Gasteiger partial charge in [0.1, 0.15) is 0 Å². The zero-order chi connectivity index (χ0) is 15.2. The monoisotopic (exact) mass is 287 g/mol. The molecule has 0 bridgehead atoms. The van der Waals surface area contributed by atoms with Gasteiger partial charge in [0.2, 0.25) is 0 Å². The first-order chi connectivity index (χ1) is 10.2. The third-order valence-electron chi connectivity index (χ3n) is 3.79. The zero-order valence-electron chi connectivity index (χ0n) is 12.3. The summed E-state index contributed by atoms with van der Waals surface area (Å²) in [5.41, 5.74) is 2.43. The van der Waals surface area contributed by atoms with Gasteiger partial charge in [-0.15, -0.1) is 0 Å². The highest BCUT2D eigenvalue weighted by molar-refractivity contribution is 5.95. The second-order valence-electron chi connectivity index (χ2n) is 5.28. The normalized spacial score (nSPS) is 17.5. The number of rotatable bonds is 3. The number of carbonyl (C=O) groups is 1. The van der Waals surface area contributed by atoms with Crippen molar-refractivity contribution in [3.8, 4) is 11.8 Å². The second-order valence-corrected chi connectivity index (χ2v) is 5.28. The van der Waals surface area contributed by atoms with Crippen molar-refractivity contribution < 1.29 is 15.0 Å². The third kappa shape index (κ3) is 3.63. The SMILES string of the molecule is Cc1ccc(C(=O)N2CCCC2CO)cc1C#CCCO. The summed E-state index contributed by atoms with van der Waals surface area (Å²) in [4.78, 5) is 14.3. The lowest BCUT2D eigenvalue weighted by atomic mass is 10.0. The molecule has 1 saturated heterocycles. The molecule has 112 valence electrons. The third-order valence-corrected chi connectivity index (χ3v) is 3.79. The lowest BCUT2D eigenvalue weighted by molar-refractivity contribution is 0.0677. The Morgan fingerprint density at radius 3 is 2.95 bits per heavy atom. The first-order valence-electron chi connectivity index (χ1n) is 7.29. The largest absolute Gasteiger partial charge is 0.395 e. The van der Waals surface area contributed by atoms with Gasteiger partial charge in [-0.1, -0.05) is 17.9 Å². The lowest BCUT2D eigenvalue weighted by Crippen LogP contribution is -2.37. The number of likely N-dealkylation sites (tertiary alicyclic amines) is 1. The molecule has 0 spiro atoms. The van der Waals surface area contributed by atoms with Gasteiger partial charge in [0, 0.05) is 24.1 Å². The van der Waals surface area contributed by atoms with Crippen LogP contribution in [-0.2, 0) is 0 Å². The number of aliphatic hydroxyl groups excluding tert-OH is 2. The van der Waals surface area contributed by atoms with Crippen molar-refractivity contribution in [3.63, 3.8) is 0 Å². The van der Waals surface area contributed by atoms with Crippen molar-refractivity contribution in [3.05, 3.63) is 34.9 Å². The number of aliphatic hydroxyl groups is 2. The topological polar surface area (TPSA) is 60.8 Å². The molecule has 1 heterocycles. The van der Waals surface area contributed by atoms with E-state index in [9.17, 15) is 9.90 Å². The number of amides is 1. The zero-order valence-corrected chi connectivity index (χ0v) is 12.3. The molecule has 1 fully saturated rings. The summed E-state index contributed by atoms with van der Waals surface area (Å²) in [6.07, 6.45) is 2.22. The van der Waals surface area contributed by atoms with Crippen molar-refractivity contribution >= 4 is 5.91 Å². The van der Waals surface area contributed by atoms with Gasteiger partial charge in [0.25, 0.3) is 5.91 Å². The molecule has 1 aliphatic heterocycles. The van der Waals surface area contributed by atoms with Gasteiger partial charge in [-0.25, -0.2) is 0 Å². The Bertz CT molecular complexity index is 571. The van der Waals surface area contributed by atoms with Gasteiger partial charge in [-0.05, 0) is 37.5 Å². The van der Waals surface area contributed by atoms with E-state index in [0.717, 1.165) is 24.0 Å². The highest BCUT2D eigenvalue weighted by Gasteiger charge is 2.28. The van der Waals surface area contributed by atoms with Crippen LogP contribution in [0.5, 0.6) is 0 Å². The van der Waals surface area contributed by atoms with Gasteiger partial charge in [-0.3, -0.25) is 4.79 Å². The molecule has 0 aliphatic carbocycles. The molecule has 1 aliphatic rings. The molecule has 1 atom stereocenters. The smallest absolute Gasteiger partial charge is 0.254 e. The minimum atomic E-state index is -0.0669. The van der Waals surface area contributed by atoms with Crippen LogP contribution in [0, 0.1) is 18.8 Å². The summed E-state index contributed by atoms with van der Waals surface area (Å²) in [5.74, 6) is 5.83. The molecule has 1 aromatic carbocycles. The molecule has 0 saturated carbocycles. The maximum Gasteiger partial charge on any atom is 0.254 e. The van der Waals surface area contributed by atoms with Crippen LogP contribution in [0.3, 0.4) is 0 Å². The number of aryl methyl sites for hydroxylation is 1. The van der Waals surface area contributed by atoms with Crippen LogP contribution in [0.4, 0.5) is 0 Å². The Hall–Kier alpha value is -1.83. The predicted octanol–water partition coefficient (Wildman–Crippen LogP) is 1.33. The Labute approximate surface area is 125 Å². The highest BCUT2D eigenvalue weighted by Crippen LogP contribution is 2.21. The minimum Gasteiger partial charge on any atom is -0.395 e. The summed E-state index contributed by atoms with van der Waals surface area (Å²) >= 11 is 0. The standard InChI is InChI=1S/C17H21NO3/c1-13-7-8-15(11-14(13)5-2-3-10-19)17(21)18-9-4-6-16(18)12-20/h7-8,11,16,19-20H,3-4,6,9-10,12H2,1H3. The molecule has 1 aromatic rings. The first-order valence-corrected chi connectivity index (χ1v) is 7.29. The molecular formula is C17H21NO3. The van der Waals surface area contributed by atoms with Crippen molar-refractivity contribution in [2.75, 3.05) is 19.8 Å². The Morgan fingerprint density at radius 2 is 2.24 bits per heavy atom. The first kappa shape index (κ1) is 15.6. The molecule has 1 amide bonds. The lowest BCUT2D eigenvalue weighted by Gasteiger charge is -2.23. The van der Waals surface area contributed by atoms with Crippen LogP contribution in [0.15, 0.2) is 18.2 Å². The van der Waals surface area contributed by atoms with E-state index in [0.29, 0.717) is 18.5 Å². The van der Waals surface area contributed by atoms with E-state index in [-0.39, 0.29) is 25.2 Å². The van der Waals surface area contributed by atoms with Gasteiger partial charge < -0.3 is 15.1 Å². The van der Waals surface area contributed by atoms with Crippen LogP contribution in [0.1, 0.15) is 40.7 Å². The number of carbonyl (C=O) groups excluding carboxylic acids is 1. The van der Waals surface area contributed by atoms with Gasteiger partial charge >= 0.3 is 0 Å². The number of hydrogen-bond acceptors (Lipinski definition) is 3. The van der Waals surface area contributed by atoms with Gasteiger partial charge in [0.15, 0.2) is 0 Å². The van der Waals surface area contributed by atoms with Crippen LogP contribution in [-0.4, -0.2) is 46.8 Å². The average molecular weight is 287 g/mol. The van der Waals surface area contributed by atoms with E-state index in [1.54, 1.807) is 11.0 Å². The number of benzene rings is 1. The summed E-state index contributed by atoms with van der Waals surface area (Å²) in [7, 11) is 0. The van der Waals surface area contributed by atoms with Crippen molar-refractivity contribution in [1.82, 2.24) is 4.90 Å². The van der Waals surface area contributed by atoms with E-state index in [1.165, 1.54) is 0 Å². The molecule has 4 heteroatoms. The average Bonchev–Trinajstić information content (AvgIpc) is 2.97. The molecular weight excluding hydrogens is 266 g/mol. The molecule has 4 nitrogen and oxygen atoms in total. The Morgan fingerprint density at radius 1 is 1.43 bits per heavy atom. The second kappa shape index (κ2) is 7.26. The Balaban J connectivity index is 2.22. The van der Waals surface area contributed by atoms with E-state index in [1.807, 2.05) is 19.1 Å². The van der Waals surface area contributed by atoms with E-state index in [4.69, 9.17) is 5.11 Å². The quantitative estimate of drug-likeness (QED) is 0.824. The van der Waals surface area contributed by atoms with Crippen LogP contribution in [0.2, 0.25) is 0 Å². The molecule has 2 N–H and O–H groups in total. The molecule has 0 aromatic heterocycles. The highest BCUT2D eigenvalue weighted by atomic mass is 16.3. The van der Waals surface area contributed by atoms with Crippen LogP contribution >= 0.6 is 0 Å². The van der Waals surface area contributed by atoms with Crippen LogP contribution < -0.4 is 0 Å². The summed E-state index contributed by atoms with van der Waals surface area (Å²) in [6, 6.07) is 5.43. The predicted molar refractivity (Wildman–Crippen MR) is 80.9 cm³/mol. The number of nitrogens with zero attached hydrogens (tertiary/aromatic N) is 1. The van der Waals surface area contributed by atoms with Gasteiger partial charge in [-0.2, -0.15) is 0 Å². The maximum absolute atomic E-state index is 12.5. The summed E-state index contributed by atoms with van der Waals surface area (Å²) in [5, 5.41) is 18.1. The van der Waals surface area contributed by atoms with Gasteiger partial charge in [0.05, 0.1) is 19.3 Å². The summed E-state index contributed by atoms with van der Waals surface area (Å²) < 4.78 is 0. The van der Waals surface area contributed by atoms with Crippen molar-refractivity contribution in [1.29, 1.82) is 0 Å². The number of hydrogen-bond donors (Lipinski definition) is 2. The Kier molecular flexibility index (Phi) is 5.38. The van der Waals surface area contributed by atoms with E-state index >= 15 is 0 Å². The van der Waals surface area contributed by atoms with Crippen molar-refractivity contribution in [2.45, 2.75) is 32.2 Å². The molecule has 0 radical (unpaired) electrons. The molecule has 21 heavy (non-hydrogen) atoms. The fraction of sp³-hybridized carbons (Fsp3) is 0.471. The van der Waals surface area contributed by atoms with Crippen LogP contribution in [0.25, 0.3) is 0 Å². The molecule has 2 rings (SSSR count). The summed E-state index contributed by atoms with van der Waals surface area (Å²) in [6.45, 7) is 2.70. The van der Waals surface area contributed by atoms with Crippen molar-refractivity contribution in [2.24, 2.45) is 0 Å². The molecule has 1 unspecified atom stereocenters.